The predicted octanol–water partition coefficient (Wildman–Crippen LogP) is 3.05. The van der Waals surface area contributed by atoms with Crippen LogP contribution < -0.4 is 5.32 Å². The molecule has 4 heteroatoms. The molecule has 2 unspecified atom stereocenters. The number of methoxy groups -OCH3 is 1. The standard InChI is InChI=1S/C17H28N2O2/c1-13(2)18-11-14-6-4-7-15(19-14)12-21-17-9-5-8-16(10-17)20-3/h4,6-7,13,16-18H,5,8-12H2,1-3H3. The molecule has 1 heterocycles. The molecule has 1 aromatic heterocycles. The maximum absolute atomic E-state index is 6.02. The van der Waals surface area contributed by atoms with Gasteiger partial charge in [0, 0.05) is 19.7 Å². The van der Waals surface area contributed by atoms with Crippen LogP contribution >= 0.6 is 0 Å². The second-order valence-corrected chi connectivity index (χ2v) is 6.11. The van der Waals surface area contributed by atoms with Gasteiger partial charge in [0.2, 0.25) is 0 Å². The van der Waals surface area contributed by atoms with Crippen LogP contribution in [-0.2, 0) is 22.6 Å². The third-order valence-electron chi connectivity index (χ3n) is 3.93. The summed E-state index contributed by atoms with van der Waals surface area (Å²) >= 11 is 0. The summed E-state index contributed by atoms with van der Waals surface area (Å²) in [5, 5.41) is 3.39. The molecule has 0 bridgehead atoms. The van der Waals surface area contributed by atoms with Gasteiger partial charge in [-0.2, -0.15) is 0 Å². The van der Waals surface area contributed by atoms with E-state index in [1.165, 1.54) is 6.42 Å². The van der Waals surface area contributed by atoms with Gasteiger partial charge in [0.1, 0.15) is 0 Å². The Balaban J connectivity index is 1.81. The van der Waals surface area contributed by atoms with Gasteiger partial charge >= 0.3 is 0 Å². The summed E-state index contributed by atoms with van der Waals surface area (Å²) in [6.07, 6.45) is 5.15. The van der Waals surface area contributed by atoms with E-state index in [4.69, 9.17) is 9.47 Å². The lowest BCUT2D eigenvalue weighted by molar-refractivity contribution is -0.0372. The van der Waals surface area contributed by atoms with E-state index < -0.39 is 0 Å². The minimum atomic E-state index is 0.308. The molecule has 1 fully saturated rings. The zero-order chi connectivity index (χ0) is 15.1. The fourth-order valence-electron chi connectivity index (χ4n) is 2.69. The number of rotatable bonds is 7. The van der Waals surface area contributed by atoms with Crippen LogP contribution in [0.25, 0.3) is 0 Å². The predicted molar refractivity (Wildman–Crippen MR) is 84.1 cm³/mol. The number of hydrogen-bond acceptors (Lipinski definition) is 4. The normalized spacial score (nSPS) is 22.7. The molecule has 1 aliphatic rings. The Morgan fingerprint density at radius 3 is 2.76 bits per heavy atom. The number of nitrogens with zero attached hydrogens (tertiary/aromatic N) is 1. The van der Waals surface area contributed by atoms with Gasteiger partial charge in [0.05, 0.1) is 30.2 Å². The van der Waals surface area contributed by atoms with E-state index in [2.05, 4.69) is 36.3 Å². The molecule has 118 valence electrons. The molecular formula is C17H28N2O2. The summed E-state index contributed by atoms with van der Waals surface area (Å²) in [6.45, 7) is 5.68. The molecule has 0 aromatic carbocycles. The molecule has 2 rings (SSSR count). The summed E-state index contributed by atoms with van der Waals surface area (Å²) < 4.78 is 11.5. The van der Waals surface area contributed by atoms with Gasteiger partial charge in [0.15, 0.2) is 0 Å². The molecule has 2 atom stereocenters. The largest absolute Gasteiger partial charge is 0.381 e. The van der Waals surface area contributed by atoms with Crippen LogP contribution in [0, 0.1) is 0 Å². The zero-order valence-corrected chi connectivity index (χ0v) is 13.5. The average Bonchev–Trinajstić information content (AvgIpc) is 2.51. The quantitative estimate of drug-likeness (QED) is 0.839. The first kappa shape index (κ1) is 16.4. The van der Waals surface area contributed by atoms with E-state index in [1.807, 2.05) is 6.07 Å². The number of aromatic nitrogens is 1. The van der Waals surface area contributed by atoms with Crippen molar-refractivity contribution < 1.29 is 9.47 Å². The first-order valence-electron chi connectivity index (χ1n) is 8.00. The number of nitrogens with one attached hydrogen (secondary N) is 1. The Morgan fingerprint density at radius 2 is 2.00 bits per heavy atom. The lowest BCUT2D eigenvalue weighted by Crippen LogP contribution is -2.27. The van der Waals surface area contributed by atoms with Gasteiger partial charge in [-0.05, 0) is 37.8 Å². The second kappa shape index (κ2) is 8.47. The van der Waals surface area contributed by atoms with Gasteiger partial charge in [-0.3, -0.25) is 4.98 Å². The van der Waals surface area contributed by atoms with E-state index in [9.17, 15) is 0 Å². The monoisotopic (exact) mass is 292 g/mol. The number of ether oxygens (including phenoxy) is 2. The van der Waals surface area contributed by atoms with Crippen LogP contribution in [0.3, 0.4) is 0 Å². The summed E-state index contributed by atoms with van der Waals surface area (Å²) in [5.74, 6) is 0. The third-order valence-corrected chi connectivity index (χ3v) is 3.93. The van der Waals surface area contributed by atoms with Crippen molar-refractivity contribution in [1.82, 2.24) is 10.3 Å². The first-order valence-corrected chi connectivity index (χ1v) is 8.00. The SMILES string of the molecule is COC1CCCC(OCc2cccc(CNC(C)C)n2)C1. The lowest BCUT2D eigenvalue weighted by atomic mass is 9.95. The topological polar surface area (TPSA) is 43.4 Å². The second-order valence-electron chi connectivity index (χ2n) is 6.11. The molecule has 0 radical (unpaired) electrons. The summed E-state index contributed by atoms with van der Waals surface area (Å²) in [5.41, 5.74) is 2.08. The maximum atomic E-state index is 6.02. The van der Waals surface area contributed by atoms with Crippen LogP contribution in [0.4, 0.5) is 0 Å². The molecule has 0 saturated heterocycles. The van der Waals surface area contributed by atoms with Gasteiger partial charge < -0.3 is 14.8 Å². The van der Waals surface area contributed by atoms with Crippen LogP contribution in [0.2, 0.25) is 0 Å². The van der Waals surface area contributed by atoms with Crippen LogP contribution in [0.5, 0.6) is 0 Å². The van der Waals surface area contributed by atoms with Crippen LogP contribution in [0.15, 0.2) is 18.2 Å². The molecule has 1 N–H and O–H groups in total. The van der Waals surface area contributed by atoms with Gasteiger partial charge in [-0.15, -0.1) is 0 Å². The average molecular weight is 292 g/mol. The molecule has 0 aliphatic heterocycles. The van der Waals surface area contributed by atoms with E-state index in [0.717, 1.165) is 37.2 Å². The highest BCUT2D eigenvalue weighted by Gasteiger charge is 2.22. The lowest BCUT2D eigenvalue weighted by Gasteiger charge is -2.28. The van der Waals surface area contributed by atoms with Crippen LogP contribution in [-0.4, -0.2) is 30.3 Å². The van der Waals surface area contributed by atoms with Crippen molar-refractivity contribution in [2.24, 2.45) is 0 Å². The van der Waals surface area contributed by atoms with Crippen LogP contribution in [0.1, 0.15) is 50.9 Å². The molecule has 21 heavy (non-hydrogen) atoms. The Hall–Kier alpha value is -0.970. The van der Waals surface area contributed by atoms with Crippen molar-refractivity contribution in [1.29, 1.82) is 0 Å². The fourth-order valence-corrected chi connectivity index (χ4v) is 2.69. The summed E-state index contributed by atoms with van der Waals surface area (Å²) in [6, 6.07) is 6.62. The van der Waals surface area contributed by atoms with Gasteiger partial charge in [-0.25, -0.2) is 0 Å². The zero-order valence-electron chi connectivity index (χ0n) is 13.5. The number of hydrogen-bond donors (Lipinski definition) is 1. The maximum Gasteiger partial charge on any atom is 0.0891 e. The molecule has 4 nitrogen and oxygen atoms in total. The summed E-state index contributed by atoms with van der Waals surface area (Å²) in [7, 11) is 1.79. The molecule has 1 aromatic rings. The summed E-state index contributed by atoms with van der Waals surface area (Å²) in [4.78, 5) is 4.65. The van der Waals surface area contributed by atoms with E-state index >= 15 is 0 Å². The molecular weight excluding hydrogens is 264 g/mol. The highest BCUT2D eigenvalue weighted by molar-refractivity contribution is 5.10. The molecule has 0 spiro atoms. The fraction of sp³-hybridized carbons (Fsp3) is 0.706. The Bertz CT molecular complexity index is 423. The molecule has 0 amide bonds. The van der Waals surface area contributed by atoms with Gasteiger partial charge in [0.25, 0.3) is 0 Å². The highest BCUT2D eigenvalue weighted by atomic mass is 16.5. The first-order chi connectivity index (χ1) is 10.2. The third kappa shape index (κ3) is 5.73. The van der Waals surface area contributed by atoms with E-state index in [-0.39, 0.29) is 0 Å². The van der Waals surface area contributed by atoms with Crippen molar-refractivity contribution >= 4 is 0 Å². The van der Waals surface area contributed by atoms with Crippen molar-refractivity contribution in [3.05, 3.63) is 29.6 Å². The van der Waals surface area contributed by atoms with E-state index in [0.29, 0.717) is 24.9 Å². The van der Waals surface area contributed by atoms with Crippen molar-refractivity contribution in [3.8, 4) is 0 Å². The van der Waals surface area contributed by atoms with Gasteiger partial charge in [-0.1, -0.05) is 19.9 Å². The number of pyridine rings is 1. The molecule has 1 aliphatic carbocycles. The Morgan fingerprint density at radius 1 is 1.24 bits per heavy atom. The Kier molecular flexibility index (Phi) is 6.61. The Labute approximate surface area is 128 Å². The highest BCUT2D eigenvalue weighted by Crippen LogP contribution is 2.23. The minimum Gasteiger partial charge on any atom is -0.381 e. The van der Waals surface area contributed by atoms with Crippen molar-refractivity contribution in [2.45, 2.75) is 70.9 Å². The van der Waals surface area contributed by atoms with E-state index in [1.54, 1.807) is 7.11 Å². The smallest absolute Gasteiger partial charge is 0.0891 e. The van der Waals surface area contributed by atoms with Crippen molar-refractivity contribution in [2.75, 3.05) is 7.11 Å². The minimum absolute atomic E-state index is 0.308. The molecule has 1 saturated carbocycles. The van der Waals surface area contributed by atoms with Crippen molar-refractivity contribution in [3.63, 3.8) is 0 Å².